The Labute approximate surface area is 86.0 Å². The van der Waals surface area contributed by atoms with Gasteiger partial charge in [-0.1, -0.05) is 34.8 Å². The summed E-state index contributed by atoms with van der Waals surface area (Å²) in [7, 11) is 0. The average molecular weight is 263 g/mol. The van der Waals surface area contributed by atoms with Gasteiger partial charge in [-0.2, -0.15) is 13.2 Å². The van der Waals surface area contributed by atoms with Gasteiger partial charge < -0.3 is 10.2 Å². The van der Waals surface area contributed by atoms with Crippen molar-refractivity contribution in [2.24, 2.45) is 0 Å². The summed E-state index contributed by atoms with van der Waals surface area (Å²) in [6, 6.07) is 0. The van der Waals surface area contributed by atoms with E-state index in [1.807, 2.05) is 0 Å². The molecule has 0 rings (SSSR count). The third kappa shape index (κ3) is 14.9. The number of aliphatic hydroxyl groups excluding tert-OH is 1. The molecule has 13 heavy (non-hydrogen) atoms. The monoisotopic (exact) mass is 262 g/mol. The topological polar surface area (TPSA) is 57.5 Å². The second-order valence-corrected chi connectivity index (χ2v) is 4.09. The smallest absolute Gasteiger partial charge is 0.475 e. The normalized spacial score (nSPS) is 11.6. The lowest BCUT2D eigenvalue weighted by molar-refractivity contribution is -0.192. The quantitative estimate of drug-likeness (QED) is 0.657. The molecule has 0 unspecified atom stereocenters. The van der Waals surface area contributed by atoms with Crippen LogP contribution in [0.15, 0.2) is 0 Å². The third-order valence-electron chi connectivity index (χ3n) is 0.422. The van der Waals surface area contributed by atoms with E-state index in [1.165, 1.54) is 0 Å². The van der Waals surface area contributed by atoms with Gasteiger partial charge in [-0.3, -0.25) is 0 Å². The molecule has 0 aromatic heterocycles. The summed E-state index contributed by atoms with van der Waals surface area (Å²) in [4.78, 5) is 8.90. The first-order valence-electron chi connectivity index (χ1n) is 2.48. The van der Waals surface area contributed by atoms with E-state index in [1.54, 1.807) is 0 Å². The zero-order valence-corrected chi connectivity index (χ0v) is 8.05. The van der Waals surface area contributed by atoms with Crippen LogP contribution in [0.1, 0.15) is 0 Å². The molecule has 0 aliphatic rings. The van der Waals surface area contributed by atoms with Crippen LogP contribution < -0.4 is 0 Å². The summed E-state index contributed by atoms with van der Waals surface area (Å²) < 4.78 is 30.3. The van der Waals surface area contributed by atoms with E-state index in [2.05, 4.69) is 0 Å². The predicted molar refractivity (Wildman–Crippen MR) is 41.1 cm³/mol. The first-order chi connectivity index (χ1) is 5.50. The van der Waals surface area contributed by atoms with Gasteiger partial charge in [-0.05, 0) is 0 Å². The number of carbonyl (C=O) groups is 1. The van der Waals surface area contributed by atoms with E-state index in [0.29, 0.717) is 0 Å². The first kappa shape index (κ1) is 15.6. The molecule has 0 radical (unpaired) electrons. The van der Waals surface area contributed by atoms with Crippen LogP contribution in [0, 0.1) is 0 Å². The van der Waals surface area contributed by atoms with Crippen LogP contribution in [0.25, 0.3) is 0 Å². The van der Waals surface area contributed by atoms with Crippen molar-refractivity contribution in [1.29, 1.82) is 0 Å². The molecule has 0 bridgehead atoms. The fourth-order valence-electron chi connectivity index (χ4n) is 0. The minimum absolute atomic E-state index is 0.433. The maximum absolute atomic E-state index is 10.6. The predicted octanol–water partition coefficient (Wildman–Crippen LogP) is 1.98. The number of aliphatic hydroxyl groups is 1. The van der Waals surface area contributed by atoms with Crippen LogP contribution >= 0.6 is 34.8 Å². The summed E-state index contributed by atoms with van der Waals surface area (Å²) >= 11 is 15.0. The van der Waals surface area contributed by atoms with Crippen molar-refractivity contribution in [1.82, 2.24) is 0 Å². The summed E-state index contributed by atoms with van der Waals surface area (Å²) in [6.45, 7) is -0.433. The van der Waals surface area contributed by atoms with E-state index in [-0.39, 0.29) is 0 Å². The minimum Gasteiger partial charge on any atom is -0.475 e. The van der Waals surface area contributed by atoms with Gasteiger partial charge in [-0.15, -0.1) is 0 Å². The first-order valence-corrected chi connectivity index (χ1v) is 3.62. The molecule has 80 valence electrons. The summed E-state index contributed by atoms with van der Waals surface area (Å²) in [5.41, 5.74) is 0. The van der Waals surface area contributed by atoms with Crippen molar-refractivity contribution in [3.8, 4) is 0 Å². The minimum atomic E-state index is -5.08. The van der Waals surface area contributed by atoms with Crippen LogP contribution in [-0.2, 0) is 4.79 Å². The highest BCUT2D eigenvalue weighted by molar-refractivity contribution is 6.67. The van der Waals surface area contributed by atoms with Gasteiger partial charge in [0.2, 0.25) is 3.79 Å². The Bertz CT molecular complexity index is 164. The van der Waals surface area contributed by atoms with Crippen molar-refractivity contribution in [2.75, 3.05) is 6.61 Å². The standard InChI is InChI=1S/C2H3Cl3O.C2HF3O2/c3-2(4,5)1-6;3-2(4,5)1(6)7/h6H,1H2;(H,6,7). The van der Waals surface area contributed by atoms with Crippen molar-refractivity contribution in [3.05, 3.63) is 0 Å². The largest absolute Gasteiger partial charge is 0.490 e. The van der Waals surface area contributed by atoms with Gasteiger partial charge in [0.25, 0.3) is 0 Å². The number of alkyl halides is 6. The molecule has 0 saturated heterocycles. The highest BCUT2D eigenvalue weighted by atomic mass is 35.6. The van der Waals surface area contributed by atoms with E-state index in [9.17, 15) is 13.2 Å². The Kier molecular flexibility index (Phi) is 6.87. The fourth-order valence-corrected chi connectivity index (χ4v) is 0. The molecule has 0 aromatic rings. The van der Waals surface area contributed by atoms with Crippen LogP contribution in [0.5, 0.6) is 0 Å². The van der Waals surface area contributed by atoms with Crippen molar-refractivity contribution >= 4 is 40.8 Å². The van der Waals surface area contributed by atoms with Gasteiger partial charge in [0.05, 0.1) is 6.61 Å². The van der Waals surface area contributed by atoms with Gasteiger partial charge >= 0.3 is 12.1 Å². The number of carboxylic acid groups (broad SMARTS) is 1. The lowest BCUT2D eigenvalue weighted by atomic mass is 10.7. The SMILES string of the molecule is O=C(O)C(F)(F)F.OCC(Cl)(Cl)Cl. The molecular weight excluding hydrogens is 259 g/mol. The van der Waals surface area contributed by atoms with Crippen LogP contribution in [0.4, 0.5) is 13.2 Å². The Morgan fingerprint density at radius 3 is 1.38 bits per heavy atom. The lowest BCUT2D eigenvalue weighted by Gasteiger charge is -2.01. The lowest BCUT2D eigenvalue weighted by Crippen LogP contribution is -2.21. The molecule has 0 aliphatic heterocycles. The van der Waals surface area contributed by atoms with Crippen molar-refractivity contribution in [2.45, 2.75) is 9.97 Å². The number of hydrogen-bond donors (Lipinski definition) is 2. The molecule has 0 fully saturated rings. The molecular formula is C4H4Cl3F3O3. The number of carboxylic acids is 1. The molecule has 0 heterocycles. The Morgan fingerprint density at radius 2 is 1.38 bits per heavy atom. The van der Waals surface area contributed by atoms with Crippen LogP contribution in [-0.4, -0.2) is 32.8 Å². The second-order valence-electron chi connectivity index (χ2n) is 1.58. The fraction of sp³-hybridized carbons (Fsp3) is 0.750. The number of hydrogen-bond acceptors (Lipinski definition) is 2. The van der Waals surface area contributed by atoms with Crippen LogP contribution in [0.2, 0.25) is 0 Å². The summed E-state index contributed by atoms with van der Waals surface area (Å²) in [6.07, 6.45) is -5.08. The number of halogens is 6. The van der Waals surface area contributed by atoms with E-state index >= 15 is 0 Å². The van der Waals surface area contributed by atoms with Gasteiger partial charge in [-0.25, -0.2) is 4.79 Å². The highest BCUT2D eigenvalue weighted by Crippen LogP contribution is 2.23. The second kappa shape index (κ2) is 5.74. The average Bonchev–Trinajstić information content (AvgIpc) is 1.85. The Balaban J connectivity index is 0. The molecule has 3 nitrogen and oxygen atoms in total. The number of rotatable bonds is 0. The van der Waals surface area contributed by atoms with E-state index in [0.717, 1.165) is 0 Å². The van der Waals surface area contributed by atoms with E-state index < -0.39 is 22.5 Å². The molecule has 0 aromatic carbocycles. The number of aliphatic carboxylic acids is 1. The van der Waals surface area contributed by atoms with Crippen molar-refractivity contribution in [3.63, 3.8) is 0 Å². The summed E-state index contributed by atoms with van der Waals surface area (Å²) in [5.74, 6) is -2.76. The maximum Gasteiger partial charge on any atom is 0.490 e. The molecule has 9 heteroatoms. The molecule has 2 N–H and O–H groups in total. The Morgan fingerprint density at radius 1 is 1.23 bits per heavy atom. The highest BCUT2D eigenvalue weighted by Gasteiger charge is 2.38. The molecule has 0 amide bonds. The third-order valence-corrected chi connectivity index (χ3v) is 0.780. The molecule has 0 atom stereocenters. The molecule has 0 saturated carbocycles. The maximum atomic E-state index is 10.6. The molecule has 0 spiro atoms. The van der Waals surface area contributed by atoms with E-state index in [4.69, 9.17) is 49.8 Å². The zero-order valence-electron chi connectivity index (χ0n) is 5.78. The van der Waals surface area contributed by atoms with Gasteiger partial charge in [0.15, 0.2) is 0 Å². The zero-order chi connectivity index (χ0) is 11.3. The van der Waals surface area contributed by atoms with Gasteiger partial charge in [0, 0.05) is 0 Å². The Hall–Kier alpha value is 0.0900. The molecule has 0 aliphatic carbocycles. The van der Waals surface area contributed by atoms with Gasteiger partial charge in [0.1, 0.15) is 0 Å². The summed E-state index contributed by atoms with van der Waals surface area (Å²) in [5, 5.41) is 15.1. The van der Waals surface area contributed by atoms with Crippen molar-refractivity contribution < 1.29 is 28.2 Å². The van der Waals surface area contributed by atoms with Crippen LogP contribution in [0.3, 0.4) is 0 Å².